The highest BCUT2D eigenvalue weighted by Crippen LogP contribution is 2.59. The Morgan fingerprint density at radius 1 is 0.586 bits per heavy atom. The summed E-state index contributed by atoms with van der Waals surface area (Å²) < 4.78 is 44.7. The second kappa shape index (κ2) is 15.2. The van der Waals surface area contributed by atoms with Gasteiger partial charge in [0.1, 0.15) is 35.6 Å². The van der Waals surface area contributed by atoms with Crippen LogP contribution in [0.2, 0.25) is 0 Å². The lowest BCUT2D eigenvalue weighted by molar-refractivity contribution is -0.212. The minimum absolute atomic E-state index is 0. The number of carbonyl (C=O) groups excluding carboxylic acids is 6. The van der Waals surface area contributed by atoms with Crippen molar-refractivity contribution in [3.05, 3.63) is 67.9 Å². The largest absolute Gasteiger partial charge is 0.465 e. The number of carbonyl (C=O) groups is 6. The molecule has 0 amide bonds. The predicted octanol–water partition coefficient (Wildman–Crippen LogP) is -0.663. The quantitative estimate of drug-likeness (QED) is 0.199. The Morgan fingerprint density at radius 3 is 1.34 bits per heavy atom. The average molecular weight is 813 g/mol. The third-order valence-corrected chi connectivity index (χ3v) is 12.9. The van der Waals surface area contributed by atoms with Crippen LogP contribution in [-0.4, -0.2) is 133 Å². The highest BCUT2D eigenvalue weighted by Gasteiger charge is 2.67. The van der Waals surface area contributed by atoms with Crippen LogP contribution in [0.3, 0.4) is 0 Å². The van der Waals surface area contributed by atoms with Gasteiger partial charge in [-0.2, -0.15) is 0 Å². The molecular formula is C40H44O18. The molecule has 10 aliphatic rings. The number of esters is 4. The summed E-state index contributed by atoms with van der Waals surface area (Å²) in [5.74, 6) is -2.26. The molecule has 312 valence electrons. The van der Waals surface area contributed by atoms with Crippen molar-refractivity contribution in [1.82, 2.24) is 0 Å². The molecule has 0 aromatic rings. The number of rotatable bonds is 2. The minimum atomic E-state index is -1.52. The molecule has 2 saturated heterocycles. The summed E-state index contributed by atoms with van der Waals surface area (Å²) in [5, 5.41) is 21.1. The van der Waals surface area contributed by atoms with E-state index in [1.54, 1.807) is 13.8 Å². The molecule has 0 bridgehead atoms. The highest BCUT2D eigenvalue weighted by atomic mass is 16.6. The van der Waals surface area contributed by atoms with Crippen LogP contribution in [-0.2, 0) is 66.7 Å². The van der Waals surface area contributed by atoms with Crippen molar-refractivity contribution in [1.29, 1.82) is 0 Å². The van der Waals surface area contributed by atoms with E-state index in [0.717, 1.165) is 12.6 Å². The molecule has 0 unspecified atom stereocenters. The van der Waals surface area contributed by atoms with E-state index < -0.39 is 83.9 Å². The van der Waals surface area contributed by atoms with E-state index in [2.05, 4.69) is 0 Å². The van der Waals surface area contributed by atoms with Crippen LogP contribution in [0.4, 0.5) is 0 Å². The molecule has 2 spiro atoms. The summed E-state index contributed by atoms with van der Waals surface area (Å²) in [6.07, 6.45) is 0.880. The van der Waals surface area contributed by atoms with Crippen molar-refractivity contribution < 1.29 is 87.8 Å². The first-order valence-corrected chi connectivity index (χ1v) is 18.9. The van der Waals surface area contributed by atoms with Crippen LogP contribution in [0.15, 0.2) is 67.9 Å². The van der Waals surface area contributed by atoms with Gasteiger partial charge in [0.15, 0.2) is 12.6 Å². The molecular weight excluding hydrogens is 768 g/mol. The molecule has 0 aromatic heterocycles. The number of hydrogen-bond acceptors (Lipinski definition) is 16. The van der Waals surface area contributed by atoms with Crippen LogP contribution in [0.1, 0.15) is 52.4 Å². The van der Waals surface area contributed by atoms with E-state index in [0.29, 0.717) is 83.1 Å². The van der Waals surface area contributed by atoms with E-state index in [1.807, 2.05) is 12.2 Å². The number of cyclic esters (lactones) is 4. The molecule has 0 radical (unpaired) electrons. The molecule has 2 fully saturated rings. The van der Waals surface area contributed by atoms with Gasteiger partial charge in [0.05, 0.1) is 62.0 Å². The fraction of sp³-hybridized carbons (Fsp3) is 0.550. The molecule has 18 heteroatoms. The molecule has 10 atom stereocenters. The van der Waals surface area contributed by atoms with Gasteiger partial charge in [-0.25, -0.2) is 9.59 Å². The normalized spacial score (nSPS) is 38.3. The van der Waals surface area contributed by atoms with Gasteiger partial charge >= 0.3 is 23.9 Å². The van der Waals surface area contributed by atoms with E-state index in [1.165, 1.54) is 0 Å². The summed E-state index contributed by atoms with van der Waals surface area (Å²) in [7, 11) is 0. The third kappa shape index (κ3) is 5.53. The van der Waals surface area contributed by atoms with Gasteiger partial charge in [-0.3, -0.25) is 19.2 Å². The van der Waals surface area contributed by atoms with Crippen molar-refractivity contribution in [2.24, 2.45) is 10.8 Å². The van der Waals surface area contributed by atoms with Crippen molar-refractivity contribution >= 4 is 36.4 Å². The van der Waals surface area contributed by atoms with Gasteiger partial charge in [-0.05, 0) is 60.1 Å². The molecule has 18 nitrogen and oxygen atoms in total. The van der Waals surface area contributed by atoms with Crippen LogP contribution in [0.5, 0.6) is 0 Å². The Kier molecular flexibility index (Phi) is 10.9. The smallest absolute Gasteiger partial charge is 0.339 e. The SMILES string of the molecule is C[C@@H]1O[C@@H]2CC=C3C4=C(C(=O)OCC4)[C@H](O)O[C@H]3[C@@]23C(=O)OCCC3=C1C=O.C[C@@H]1O[C@@H]2CC=C3C4=C(C(=O)OCC4)[C@H](O)O[C@H]3[C@@]23C(=O)OCCC3=C1C=O.O.O. The van der Waals surface area contributed by atoms with Crippen molar-refractivity contribution in [2.75, 3.05) is 26.4 Å². The zero-order valence-electron chi connectivity index (χ0n) is 31.6. The second-order valence-corrected chi connectivity index (χ2v) is 15.2. The van der Waals surface area contributed by atoms with E-state index in [4.69, 9.17) is 37.9 Å². The summed E-state index contributed by atoms with van der Waals surface area (Å²) in [6.45, 7) is 4.33. The monoisotopic (exact) mass is 812 g/mol. The van der Waals surface area contributed by atoms with Gasteiger partial charge in [0.25, 0.3) is 0 Å². The molecule has 0 aromatic carbocycles. The lowest BCUT2D eigenvalue weighted by Gasteiger charge is -2.55. The van der Waals surface area contributed by atoms with E-state index in [-0.39, 0.29) is 48.5 Å². The van der Waals surface area contributed by atoms with Crippen LogP contribution < -0.4 is 0 Å². The topological polar surface area (TPSA) is 280 Å². The van der Waals surface area contributed by atoms with Gasteiger partial charge < -0.3 is 59.1 Å². The fourth-order valence-corrected chi connectivity index (χ4v) is 10.6. The first-order valence-electron chi connectivity index (χ1n) is 18.9. The Labute approximate surface area is 330 Å². The number of ether oxygens (including phenoxy) is 8. The Bertz CT molecular complexity index is 1910. The van der Waals surface area contributed by atoms with Crippen LogP contribution >= 0.6 is 0 Å². The Hall–Kier alpha value is -4.66. The molecule has 10 rings (SSSR count). The summed E-state index contributed by atoms with van der Waals surface area (Å²) in [4.78, 5) is 74.4. The fourth-order valence-electron chi connectivity index (χ4n) is 10.6. The van der Waals surface area contributed by atoms with Gasteiger partial charge in [0, 0.05) is 36.8 Å². The number of aliphatic hydroxyl groups is 2. The first-order chi connectivity index (χ1) is 27.0. The van der Waals surface area contributed by atoms with Gasteiger partial charge in [-0.15, -0.1) is 0 Å². The number of aldehydes is 2. The zero-order chi connectivity index (χ0) is 39.3. The number of aliphatic hydroxyl groups excluding tert-OH is 2. The molecule has 8 aliphatic heterocycles. The second-order valence-electron chi connectivity index (χ2n) is 15.2. The van der Waals surface area contributed by atoms with Crippen LogP contribution in [0.25, 0.3) is 0 Å². The standard InChI is InChI=1S/2C20H20O8.2H2O/c2*1-9-12(8-21)13-5-7-26-19(24)20(13)14(27-9)3-2-11-10-4-6-25-17(22)15(10)18(23)28-16(11)20;;/h2*2,8-9,14,16,18,23H,3-7H2,1H3;2*1H2/t2*9-,14+,16+,18+,20-;;/m00../s1. The number of hydrogen-bond donors (Lipinski definition) is 2. The van der Waals surface area contributed by atoms with E-state index >= 15 is 0 Å². The lowest BCUT2D eigenvalue weighted by Crippen LogP contribution is -2.64. The minimum Gasteiger partial charge on any atom is -0.465 e. The number of fused-ring (bicyclic) bond motifs is 4. The Morgan fingerprint density at radius 2 is 0.966 bits per heavy atom. The summed E-state index contributed by atoms with van der Waals surface area (Å²) in [5.41, 5.74) is 2.30. The van der Waals surface area contributed by atoms with Crippen molar-refractivity contribution in [2.45, 2.75) is 102 Å². The molecule has 8 heterocycles. The maximum absolute atomic E-state index is 13.2. The summed E-state index contributed by atoms with van der Waals surface area (Å²) in [6, 6.07) is 0. The predicted molar refractivity (Wildman–Crippen MR) is 190 cm³/mol. The van der Waals surface area contributed by atoms with Crippen LogP contribution in [0, 0.1) is 10.8 Å². The maximum Gasteiger partial charge on any atom is 0.339 e. The summed E-state index contributed by atoms with van der Waals surface area (Å²) >= 11 is 0. The van der Waals surface area contributed by atoms with Gasteiger partial charge in [-0.1, -0.05) is 12.2 Å². The zero-order valence-corrected chi connectivity index (χ0v) is 31.6. The van der Waals surface area contributed by atoms with Crippen molar-refractivity contribution in [3.8, 4) is 0 Å². The molecule has 0 saturated carbocycles. The molecule has 6 N–H and O–H groups in total. The van der Waals surface area contributed by atoms with Crippen molar-refractivity contribution in [3.63, 3.8) is 0 Å². The highest BCUT2D eigenvalue weighted by molar-refractivity contribution is 5.95. The average Bonchev–Trinajstić information content (AvgIpc) is 3.17. The van der Waals surface area contributed by atoms with Gasteiger partial charge in [0.2, 0.25) is 0 Å². The third-order valence-electron chi connectivity index (χ3n) is 12.9. The molecule has 2 aliphatic carbocycles. The first kappa shape index (κ1) is 41.5. The lowest BCUT2D eigenvalue weighted by atomic mass is 9.59. The van der Waals surface area contributed by atoms with E-state index in [9.17, 15) is 39.0 Å². The molecule has 58 heavy (non-hydrogen) atoms. The Balaban J connectivity index is 0.000000171. The maximum atomic E-state index is 13.2.